The molecule has 5 nitrogen and oxygen atoms in total. The van der Waals surface area contributed by atoms with Crippen LogP contribution < -0.4 is 10.5 Å². The summed E-state index contributed by atoms with van der Waals surface area (Å²) in [6.07, 6.45) is 2.50. The molecule has 1 aromatic rings. The Morgan fingerprint density at radius 1 is 1.53 bits per heavy atom. The van der Waals surface area contributed by atoms with E-state index in [1.54, 1.807) is 25.1 Å². The van der Waals surface area contributed by atoms with E-state index in [0.717, 1.165) is 12.1 Å². The summed E-state index contributed by atoms with van der Waals surface area (Å²) in [5.74, 6) is 0.709. The van der Waals surface area contributed by atoms with Crippen LogP contribution in [0.25, 0.3) is 0 Å². The number of aryl methyl sites for hydroxylation is 1. The van der Waals surface area contributed by atoms with Crippen molar-refractivity contribution in [1.29, 1.82) is 0 Å². The van der Waals surface area contributed by atoms with E-state index in [1.165, 1.54) is 0 Å². The highest BCUT2D eigenvalue weighted by molar-refractivity contribution is 5.28. The molecule has 0 aliphatic rings. The lowest BCUT2D eigenvalue weighted by molar-refractivity contribution is 0.0741. The first-order chi connectivity index (χ1) is 7.15. The van der Waals surface area contributed by atoms with Gasteiger partial charge in [0.2, 0.25) is 0 Å². The fourth-order valence-electron chi connectivity index (χ4n) is 1.71. The van der Waals surface area contributed by atoms with E-state index in [0.29, 0.717) is 5.75 Å². The average Bonchev–Trinajstić information content (AvgIpc) is 2.61. The van der Waals surface area contributed by atoms with Gasteiger partial charge in [-0.15, -0.1) is 0 Å². The van der Waals surface area contributed by atoms with Crippen molar-refractivity contribution in [3.05, 3.63) is 11.9 Å². The zero-order valence-corrected chi connectivity index (χ0v) is 9.73. The number of rotatable bonds is 5. The fourth-order valence-corrected chi connectivity index (χ4v) is 1.71. The van der Waals surface area contributed by atoms with Crippen molar-refractivity contribution in [1.82, 2.24) is 9.78 Å². The minimum absolute atomic E-state index is 0.0192. The molecule has 1 heterocycles. The minimum atomic E-state index is -0.220. The summed E-state index contributed by atoms with van der Waals surface area (Å²) < 4.78 is 12.3. The molecule has 1 aromatic heterocycles. The lowest BCUT2D eigenvalue weighted by Gasteiger charge is -2.22. The molecule has 2 unspecified atom stereocenters. The molecule has 0 radical (unpaired) electrons. The van der Waals surface area contributed by atoms with Crippen LogP contribution in [-0.2, 0) is 11.8 Å². The van der Waals surface area contributed by atoms with Crippen LogP contribution in [0.2, 0.25) is 0 Å². The first kappa shape index (κ1) is 12.0. The number of nitrogens with two attached hydrogens (primary N) is 1. The largest absolute Gasteiger partial charge is 0.493 e. The third-order valence-electron chi connectivity index (χ3n) is 2.59. The summed E-state index contributed by atoms with van der Waals surface area (Å²) in [5.41, 5.74) is 6.98. The van der Waals surface area contributed by atoms with Gasteiger partial charge in [0.15, 0.2) is 5.75 Å². The monoisotopic (exact) mass is 213 g/mol. The Morgan fingerprint density at radius 2 is 2.20 bits per heavy atom. The maximum Gasteiger partial charge on any atom is 0.161 e. The third kappa shape index (κ3) is 2.30. The molecule has 0 bridgehead atoms. The summed E-state index contributed by atoms with van der Waals surface area (Å²) in [6, 6.07) is -0.220. The normalized spacial score (nSPS) is 15.0. The Morgan fingerprint density at radius 3 is 2.67 bits per heavy atom. The topological polar surface area (TPSA) is 62.3 Å². The summed E-state index contributed by atoms with van der Waals surface area (Å²) in [5, 5.41) is 4.12. The van der Waals surface area contributed by atoms with Gasteiger partial charge in [-0.1, -0.05) is 6.92 Å². The van der Waals surface area contributed by atoms with Crippen molar-refractivity contribution < 1.29 is 9.47 Å². The Labute approximate surface area is 90.2 Å². The van der Waals surface area contributed by atoms with Crippen molar-refractivity contribution in [2.75, 3.05) is 14.2 Å². The van der Waals surface area contributed by atoms with E-state index in [4.69, 9.17) is 15.2 Å². The summed E-state index contributed by atoms with van der Waals surface area (Å²) >= 11 is 0. The van der Waals surface area contributed by atoms with Crippen LogP contribution in [0.3, 0.4) is 0 Å². The minimum Gasteiger partial charge on any atom is -0.493 e. The molecular formula is C10H19N3O2. The fraction of sp³-hybridized carbons (Fsp3) is 0.700. The van der Waals surface area contributed by atoms with Crippen LogP contribution in [0.5, 0.6) is 5.75 Å². The van der Waals surface area contributed by atoms with Crippen molar-refractivity contribution in [3.8, 4) is 5.75 Å². The lowest BCUT2D eigenvalue weighted by atomic mass is 10.1. The van der Waals surface area contributed by atoms with Gasteiger partial charge in [-0.25, -0.2) is 0 Å². The van der Waals surface area contributed by atoms with E-state index >= 15 is 0 Å². The Kier molecular flexibility index (Phi) is 4.11. The number of aromatic nitrogens is 2. The van der Waals surface area contributed by atoms with E-state index < -0.39 is 0 Å². The quantitative estimate of drug-likeness (QED) is 0.787. The molecule has 0 saturated carbocycles. The van der Waals surface area contributed by atoms with E-state index in [1.807, 2.05) is 14.0 Å². The van der Waals surface area contributed by atoms with Crippen LogP contribution in [0.15, 0.2) is 6.20 Å². The number of methoxy groups -OCH3 is 2. The second-order valence-electron chi connectivity index (χ2n) is 3.43. The van der Waals surface area contributed by atoms with Gasteiger partial charge in [0.1, 0.15) is 0 Å². The first-order valence-corrected chi connectivity index (χ1v) is 4.99. The number of hydrogen-bond donors (Lipinski definition) is 1. The van der Waals surface area contributed by atoms with Crippen LogP contribution in [-0.4, -0.2) is 30.1 Å². The molecule has 2 N–H and O–H groups in total. The van der Waals surface area contributed by atoms with Gasteiger partial charge in [-0.3, -0.25) is 4.68 Å². The zero-order valence-electron chi connectivity index (χ0n) is 9.73. The van der Waals surface area contributed by atoms with Crippen LogP contribution in [0.4, 0.5) is 0 Å². The molecule has 0 aliphatic heterocycles. The molecule has 5 heteroatoms. The van der Waals surface area contributed by atoms with E-state index in [-0.39, 0.29) is 12.1 Å². The number of nitrogens with zero attached hydrogens (tertiary/aromatic N) is 2. The Balaban J connectivity index is 2.97. The second-order valence-corrected chi connectivity index (χ2v) is 3.43. The Hall–Kier alpha value is -1.07. The molecule has 2 atom stereocenters. The Bertz CT molecular complexity index is 308. The molecule has 86 valence electrons. The van der Waals surface area contributed by atoms with Crippen molar-refractivity contribution >= 4 is 0 Å². The van der Waals surface area contributed by atoms with Gasteiger partial charge in [-0.05, 0) is 6.42 Å². The maximum absolute atomic E-state index is 6.12. The average molecular weight is 213 g/mol. The molecule has 0 aromatic carbocycles. The molecule has 0 amide bonds. The summed E-state index contributed by atoms with van der Waals surface area (Å²) in [7, 11) is 5.12. The van der Waals surface area contributed by atoms with Crippen molar-refractivity contribution in [3.63, 3.8) is 0 Å². The lowest BCUT2D eigenvalue weighted by Crippen LogP contribution is -2.29. The number of hydrogen-bond acceptors (Lipinski definition) is 4. The van der Waals surface area contributed by atoms with Gasteiger partial charge >= 0.3 is 0 Å². The molecule has 0 saturated heterocycles. The molecule has 1 rings (SSSR count). The van der Waals surface area contributed by atoms with Gasteiger partial charge in [0.25, 0.3) is 0 Å². The van der Waals surface area contributed by atoms with Gasteiger partial charge in [-0.2, -0.15) is 5.10 Å². The van der Waals surface area contributed by atoms with E-state index in [2.05, 4.69) is 5.10 Å². The predicted molar refractivity (Wildman–Crippen MR) is 57.8 cm³/mol. The molecule has 15 heavy (non-hydrogen) atoms. The standard InChI is InChI=1S/C10H19N3O2/c1-5-7(14-3)9(11)10-8(15-4)6-12-13(10)2/h6-7,9H,5,11H2,1-4H3. The molecule has 0 aliphatic carbocycles. The van der Waals surface area contributed by atoms with Crippen LogP contribution in [0.1, 0.15) is 25.1 Å². The maximum atomic E-state index is 6.12. The molecule has 0 spiro atoms. The van der Waals surface area contributed by atoms with Crippen molar-refractivity contribution in [2.45, 2.75) is 25.5 Å². The zero-order chi connectivity index (χ0) is 11.4. The van der Waals surface area contributed by atoms with Gasteiger partial charge in [0.05, 0.1) is 31.1 Å². The SMILES string of the molecule is CCC(OC)C(N)c1c(OC)cnn1C. The summed E-state index contributed by atoms with van der Waals surface area (Å²) in [6.45, 7) is 2.04. The third-order valence-corrected chi connectivity index (χ3v) is 2.59. The number of ether oxygens (including phenoxy) is 2. The highest BCUT2D eigenvalue weighted by Gasteiger charge is 2.24. The van der Waals surface area contributed by atoms with Crippen LogP contribution >= 0.6 is 0 Å². The second kappa shape index (κ2) is 5.14. The smallest absolute Gasteiger partial charge is 0.161 e. The first-order valence-electron chi connectivity index (χ1n) is 4.99. The highest BCUT2D eigenvalue weighted by Crippen LogP contribution is 2.26. The van der Waals surface area contributed by atoms with Crippen molar-refractivity contribution in [2.24, 2.45) is 12.8 Å². The molecule has 0 fully saturated rings. The molecular weight excluding hydrogens is 194 g/mol. The van der Waals surface area contributed by atoms with E-state index in [9.17, 15) is 0 Å². The summed E-state index contributed by atoms with van der Waals surface area (Å²) in [4.78, 5) is 0. The van der Waals surface area contributed by atoms with Gasteiger partial charge < -0.3 is 15.2 Å². The van der Waals surface area contributed by atoms with Gasteiger partial charge in [0, 0.05) is 14.2 Å². The van der Waals surface area contributed by atoms with Crippen LogP contribution in [0, 0.1) is 0 Å². The highest BCUT2D eigenvalue weighted by atomic mass is 16.5. The predicted octanol–water partition coefficient (Wildman–Crippen LogP) is 0.854.